The van der Waals surface area contributed by atoms with Crippen LogP contribution in [0.4, 0.5) is 0 Å². The summed E-state index contributed by atoms with van der Waals surface area (Å²) < 4.78 is 16.9. The van der Waals surface area contributed by atoms with Crippen molar-refractivity contribution in [1.82, 2.24) is 0 Å². The van der Waals surface area contributed by atoms with Gasteiger partial charge in [0.2, 0.25) is 0 Å². The third-order valence-electron chi connectivity index (χ3n) is 14.8. The van der Waals surface area contributed by atoms with E-state index in [0.717, 1.165) is 83.5 Å². The summed E-state index contributed by atoms with van der Waals surface area (Å²) in [5.41, 5.74) is 0. The van der Waals surface area contributed by atoms with Gasteiger partial charge >= 0.3 is 17.9 Å². The van der Waals surface area contributed by atoms with Crippen molar-refractivity contribution in [2.75, 3.05) is 13.2 Å². The summed E-state index contributed by atoms with van der Waals surface area (Å²) >= 11 is 0. The molecule has 438 valence electrons. The molecule has 0 bridgehead atoms. The molecule has 0 aromatic carbocycles. The zero-order chi connectivity index (χ0) is 54.3. The van der Waals surface area contributed by atoms with Crippen LogP contribution in [0.5, 0.6) is 0 Å². The Labute approximate surface area is 467 Å². The van der Waals surface area contributed by atoms with E-state index in [1.54, 1.807) is 0 Å². The molecule has 1 unspecified atom stereocenters. The SMILES string of the molecule is CC/C=C\C/C=C\C/C=C\C/C=C\CCCCCCCCCCCCCCC(=O)OCC(COC(=O)CCCCCCCCC)OC(=O)CCCCCCCCCCCCCCCCCCCCCCCCCCC. The van der Waals surface area contributed by atoms with Crippen LogP contribution in [-0.4, -0.2) is 37.2 Å². The fourth-order valence-corrected chi connectivity index (χ4v) is 9.91. The van der Waals surface area contributed by atoms with Gasteiger partial charge in [-0.05, 0) is 57.8 Å². The van der Waals surface area contributed by atoms with Crippen molar-refractivity contribution < 1.29 is 28.6 Å². The first-order chi connectivity index (χ1) is 37.0. The smallest absolute Gasteiger partial charge is 0.306 e. The van der Waals surface area contributed by atoms with Gasteiger partial charge in [-0.3, -0.25) is 14.4 Å². The van der Waals surface area contributed by atoms with Crippen LogP contribution in [0, 0.1) is 0 Å². The Kier molecular flexibility index (Phi) is 61.7. The van der Waals surface area contributed by atoms with Crippen molar-refractivity contribution in [3.63, 3.8) is 0 Å². The van der Waals surface area contributed by atoms with Gasteiger partial charge in [0.05, 0.1) is 0 Å². The van der Waals surface area contributed by atoms with E-state index in [4.69, 9.17) is 14.2 Å². The van der Waals surface area contributed by atoms with Crippen LogP contribution in [0.15, 0.2) is 48.6 Å². The fraction of sp³-hybridized carbons (Fsp3) is 0.841. The lowest BCUT2D eigenvalue weighted by Gasteiger charge is -2.18. The third kappa shape index (κ3) is 62.1. The number of hydrogen-bond donors (Lipinski definition) is 0. The standard InChI is InChI=1S/C69H126O6/c1-4-7-10-13-16-18-20-22-24-26-28-30-32-34-36-38-40-42-44-46-48-50-53-56-59-62-68(71)74-65-66(64-73-67(70)61-58-55-52-15-12-9-6-3)75-69(72)63-60-57-54-51-49-47-45-43-41-39-37-35-33-31-29-27-25-23-21-19-17-14-11-8-5-2/h7,10,16,18,22,24,28,30,66H,4-6,8-9,11-15,17,19-21,23,25-27,29,31-65H2,1-3H3/b10-7-,18-16-,24-22-,30-28-. The molecule has 0 N–H and O–H groups in total. The number of hydrogen-bond acceptors (Lipinski definition) is 6. The molecule has 75 heavy (non-hydrogen) atoms. The molecule has 0 aromatic heterocycles. The highest BCUT2D eigenvalue weighted by Gasteiger charge is 2.19. The second-order valence-corrected chi connectivity index (χ2v) is 22.4. The maximum absolute atomic E-state index is 12.9. The first-order valence-corrected chi connectivity index (χ1v) is 33.1. The summed E-state index contributed by atoms with van der Waals surface area (Å²) in [6.07, 6.45) is 80.2. The van der Waals surface area contributed by atoms with Crippen LogP contribution in [0.2, 0.25) is 0 Å². The van der Waals surface area contributed by atoms with Gasteiger partial charge in [-0.1, -0.05) is 326 Å². The summed E-state index contributed by atoms with van der Waals surface area (Å²) in [5, 5.41) is 0. The predicted octanol–water partition coefficient (Wildman–Crippen LogP) is 22.6. The van der Waals surface area contributed by atoms with Gasteiger partial charge in [0, 0.05) is 19.3 Å². The molecule has 0 radical (unpaired) electrons. The van der Waals surface area contributed by atoms with Gasteiger partial charge in [0.25, 0.3) is 0 Å². The summed E-state index contributed by atoms with van der Waals surface area (Å²) in [5.74, 6) is -0.855. The molecule has 0 rings (SSSR count). The molecular formula is C69H126O6. The summed E-state index contributed by atoms with van der Waals surface area (Å²) in [4.78, 5) is 38.1. The van der Waals surface area contributed by atoms with E-state index in [1.807, 2.05) is 0 Å². The highest BCUT2D eigenvalue weighted by atomic mass is 16.6. The fourth-order valence-electron chi connectivity index (χ4n) is 9.91. The number of unbranched alkanes of at least 4 members (excludes halogenated alkanes) is 42. The molecule has 0 saturated heterocycles. The number of allylic oxidation sites excluding steroid dienone is 8. The molecule has 6 nitrogen and oxygen atoms in total. The van der Waals surface area contributed by atoms with Gasteiger partial charge in [-0.15, -0.1) is 0 Å². The number of esters is 3. The molecule has 0 saturated carbocycles. The molecule has 6 heteroatoms. The molecular weight excluding hydrogens is 925 g/mol. The van der Waals surface area contributed by atoms with Crippen LogP contribution >= 0.6 is 0 Å². The summed E-state index contributed by atoms with van der Waals surface area (Å²) in [6.45, 7) is 6.54. The predicted molar refractivity (Wildman–Crippen MR) is 325 cm³/mol. The zero-order valence-corrected chi connectivity index (χ0v) is 50.3. The molecule has 0 fully saturated rings. The first kappa shape index (κ1) is 72.4. The van der Waals surface area contributed by atoms with Gasteiger partial charge in [0.15, 0.2) is 6.10 Å². The second kappa shape index (κ2) is 63.9. The van der Waals surface area contributed by atoms with Crippen molar-refractivity contribution in [3.8, 4) is 0 Å². The topological polar surface area (TPSA) is 78.9 Å². The van der Waals surface area contributed by atoms with Gasteiger partial charge in [-0.25, -0.2) is 0 Å². The van der Waals surface area contributed by atoms with E-state index in [9.17, 15) is 14.4 Å². The number of carbonyl (C=O) groups excluding carboxylic acids is 3. The minimum absolute atomic E-state index is 0.0689. The normalized spacial score (nSPS) is 12.3. The van der Waals surface area contributed by atoms with Gasteiger partial charge in [-0.2, -0.15) is 0 Å². The Morgan fingerprint density at radius 3 is 0.813 bits per heavy atom. The third-order valence-corrected chi connectivity index (χ3v) is 14.8. The van der Waals surface area contributed by atoms with Gasteiger partial charge in [0.1, 0.15) is 13.2 Å². The molecule has 0 spiro atoms. The van der Waals surface area contributed by atoms with E-state index < -0.39 is 6.10 Å². The quantitative estimate of drug-likeness (QED) is 0.0261. The van der Waals surface area contributed by atoms with Gasteiger partial charge < -0.3 is 14.2 Å². The minimum Gasteiger partial charge on any atom is -0.462 e. The Morgan fingerprint density at radius 2 is 0.520 bits per heavy atom. The van der Waals surface area contributed by atoms with E-state index >= 15 is 0 Å². The molecule has 0 aliphatic rings. The Balaban J connectivity index is 4.07. The molecule has 0 amide bonds. The lowest BCUT2D eigenvalue weighted by atomic mass is 10.0. The molecule has 0 aliphatic carbocycles. The zero-order valence-electron chi connectivity index (χ0n) is 50.3. The lowest BCUT2D eigenvalue weighted by molar-refractivity contribution is -0.167. The summed E-state index contributed by atoms with van der Waals surface area (Å²) in [6, 6.07) is 0. The Morgan fingerprint density at radius 1 is 0.280 bits per heavy atom. The average Bonchev–Trinajstić information content (AvgIpc) is 3.41. The minimum atomic E-state index is -0.769. The molecule has 0 aliphatic heterocycles. The van der Waals surface area contributed by atoms with Crippen molar-refractivity contribution in [2.24, 2.45) is 0 Å². The first-order valence-electron chi connectivity index (χ1n) is 33.1. The van der Waals surface area contributed by atoms with Crippen LogP contribution in [-0.2, 0) is 28.6 Å². The van der Waals surface area contributed by atoms with Crippen molar-refractivity contribution in [1.29, 1.82) is 0 Å². The Hall–Kier alpha value is -2.63. The van der Waals surface area contributed by atoms with E-state index in [-0.39, 0.29) is 31.1 Å². The second-order valence-electron chi connectivity index (χ2n) is 22.4. The van der Waals surface area contributed by atoms with E-state index in [1.165, 1.54) is 231 Å². The highest BCUT2D eigenvalue weighted by molar-refractivity contribution is 5.71. The number of ether oxygens (including phenoxy) is 3. The number of rotatable bonds is 61. The largest absolute Gasteiger partial charge is 0.462 e. The molecule has 0 aromatic rings. The summed E-state index contributed by atoms with van der Waals surface area (Å²) in [7, 11) is 0. The van der Waals surface area contributed by atoms with Crippen LogP contribution in [0.25, 0.3) is 0 Å². The van der Waals surface area contributed by atoms with Crippen LogP contribution < -0.4 is 0 Å². The molecule has 0 heterocycles. The monoisotopic (exact) mass is 1050 g/mol. The maximum atomic E-state index is 12.9. The lowest BCUT2D eigenvalue weighted by Crippen LogP contribution is -2.30. The highest BCUT2D eigenvalue weighted by Crippen LogP contribution is 2.18. The van der Waals surface area contributed by atoms with Crippen molar-refractivity contribution >= 4 is 17.9 Å². The average molecular weight is 1050 g/mol. The van der Waals surface area contributed by atoms with Crippen LogP contribution in [0.1, 0.15) is 355 Å². The number of carbonyl (C=O) groups is 3. The van der Waals surface area contributed by atoms with E-state index in [2.05, 4.69) is 69.4 Å². The molecule has 1 atom stereocenters. The van der Waals surface area contributed by atoms with Crippen LogP contribution in [0.3, 0.4) is 0 Å². The van der Waals surface area contributed by atoms with Crippen molar-refractivity contribution in [3.05, 3.63) is 48.6 Å². The van der Waals surface area contributed by atoms with E-state index in [0.29, 0.717) is 19.3 Å². The maximum Gasteiger partial charge on any atom is 0.306 e. The Bertz CT molecular complexity index is 1300. The van der Waals surface area contributed by atoms with Crippen molar-refractivity contribution in [2.45, 2.75) is 361 Å².